The first-order chi connectivity index (χ1) is 12.9. The number of nitrogens with zero attached hydrogens (tertiary/aromatic N) is 3. The Balaban J connectivity index is 2.07. The summed E-state index contributed by atoms with van der Waals surface area (Å²) in [6.45, 7) is 2.04. The number of halogens is 4. The lowest BCUT2D eigenvalue weighted by molar-refractivity contribution is -0.140. The maximum atomic E-state index is 14.1. The first-order valence-corrected chi connectivity index (χ1v) is 8.91. The van der Waals surface area contributed by atoms with Crippen molar-refractivity contribution in [2.75, 3.05) is 11.4 Å². The van der Waals surface area contributed by atoms with Crippen molar-refractivity contribution >= 4 is 23.4 Å². The Morgan fingerprint density at radius 3 is 2.30 bits per heavy atom. The van der Waals surface area contributed by atoms with Crippen molar-refractivity contribution in [2.24, 2.45) is 0 Å². The van der Waals surface area contributed by atoms with Crippen LogP contribution in [0.5, 0.6) is 0 Å². The molecule has 0 spiro atoms. The summed E-state index contributed by atoms with van der Waals surface area (Å²) in [6.07, 6.45) is -3.85. The van der Waals surface area contributed by atoms with E-state index in [-0.39, 0.29) is 16.7 Å². The molecule has 0 amide bonds. The average molecular weight is 393 g/mol. The van der Waals surface area contributed by atoms with Crippen LogP contribution in [0.25, 0.3) is 0 Å². The first kappa shape index (κ1) is 19.2. The van der Waals surface area contributed by atoms with Crippen molar-refractivity contribution < 1.29 is 17.6 Å². The summed E-state index contributed by atoms with van der Waals surface area (Å²) in [4.78, 5) is 10.0. The minimum Gasteiger partial charge on any atom is -0.308 e. The van der Waals surface area contributed by atoms with E-state index in [1.54, 1.807) is 43.3 Å². The smallest absolute Gasteiger partial charge is 0.308 e. The molecule has 0 atom stereocenters. The van der Waals surface area contributed by atoms with Gasteiger partial charge in [-0.3, -0.25) is 0 Å². The molecule has 0 saturated carbocycles. The Labute approximate surface area is 158 Å². The lowest BCUT2D eigenvalue weighted by atomic mass is 10.3. The molecule has 140 valence electrons. The van der Waals surface area contributed by atoms with E-state index in [1.165, 1.54) is 23.1 Å². The van der Waals surface area contributed by atoms with E-state index < -0.39 is 17.6 Å². The van der Waals surface area contributed by atoms with Gasteiger partial charge in [-0.05, 0) is 31.2 Å². The van der Waals surface area contributed by atoms with Crippen LogP contribution < -0.4 is 4.90 Å². The topological polar surface area (TPSA) is 29.0 Å². The molecule has 2 aromatic carbocycles. The Kier molecular flexibility index (Phi) is 5.65. The standard InChI is InChI=1S/C19H15F4N3S/c1-2-26(16-11-7-6-10-15(16)20)18-24-12-14(19(21,22)23)17(25-18)27-13-8-4-3-5-9-13/h3-12H,2H2,1H3. The molecule has 3 aromatic rings. The molecular formula is C19H15F4N3S. The number of benzene rings is 2. The van der Waals surface area contributed by atoms with Crippen LogP contribution in [0, 0.1) is 5.82 Å². The largest absolute Gasteiger partial charge is 0.420 e. The minimum atomic E-state index is -4.59. The lowest BCUT2D eigenvalue weighted by Crippen LogP contribution is -2.21. The van der Waals surface area contributed by atoms with Gasteiger partial charge in [0.25, 0.3) is 0 Å². The molecule has 1 heterocycles. The summed E-state index contributed by atoms with van der Waals surface area (Å²) < 4.78 is 54.3. The molecule has 0 unspecified atom stereocenters. The van der Waals surface area contributed by atoms with Gasteiger partial charge in [0.05, 0.1) is 5.69 Å². The molecule has 0 N–H and O–H groups in total. The summed E-state index contributed by atoms with van der Waals surface area (Å²) in [5.74, 6) is -0.492. The van der Waals surface area contributed by atoms with Gasteiger partial charge in [-0.15, -0.1) is 0 Å². The molecule has 27 heavy (non-hydrogen) atoms. The fourth-order valence-electron chi connectivity index (χ4n) is 2.45. The number of alkyl halides is 3. The third kappa shape index (κ3) is 4.39. The molecular weight excluding hydrogens is 378 g/mol. The summed E-state index contributed by atoms with van der Waals surface area (Å²) in [7, 11) is 0. The highest BCUT2D eigenvalue weighted by atomic mass is 32.2. The predicted octanol–water partition coefficient (Wildman–Crippen LogP) is 5.94. The number of hydrogen-bond acceptors (Lipinski definition) is 4. The molecule has 8 heteroatoms. The molecule has 0 bridgehead atoms. The fourth-order valence-corrected chi connectivity index (χ4v) is 3.37. The second-order valence-electron chi connectivity index (χ2n) is 5.50. The van der Waals surface area contributed by atoms with Crippen LogP contribution in [0.1, 0.15) is 12.5 Å². The predicted molar refractivity (Wildman–Crippen MR) is 96.7 cm³/mol. The number of rotatable bonds is 5. The molecule has 1 aromatic heterocycles. The molecule has 3 nitrogen and oxygen atoms in total. The van der Waals surface area contributed by atoms with E-state index in [9.17, 15) is 17.6 Å². The monoisotopic (exact) mass is 393 g/mol. The highest BCUT2D eigenvalue weighted by Gasteiger charge is 2.36. The normalized spacial score (nSPS) is 11.4. The third-order valence-electron chi connectivity index (χ3n) is 3.71. The van der Waals surface area contributed by atoms with Crippen molar-refractivity contribution in [3.8, 4) is 0 Å². The maximum absolute atomic E-state index is 14.1. The third-order valence-corrected chi connectivity index (χ3v) is 4.72. The zero-order chi connectivity index (χ0) is 19.4. The maximum Gasteiger partial charge on any atom is 0.420 e. The zero-order valence-electron chi connectivity index (χ0n) is 14.2. The van der Waals surface area contributed by atoms with E-state index >= 15 is 0 Å². The van der Waals surface area contributed by atoms with Crippen LogP contribution in [0.4, 0.5) is 29.2 Å². The second kappa shape index (κ2) is 7.96. The Morgan fingerprint density at radius 2 is 1.67 bits per heavy atom. The Morgan fingerprint density at radius 1 is 1.00 bits per heavy atom. The molecule has 0 fully saturated rings. The van der Waals surface area contributed by atoms with Crippen LogP contribution in [-0.4, -0.2) is 16.5 Å². The number of anilines is 2. The van der Waals surface area contributed by atoms with E-state index in [2.05, 4.69) is 9.97 Å². The van der Waals surface area contributed by atoms with Gasteiger partial charge >= 0.3 is 6.18 Å². The van der Waals surface area contributed by atoms with E-state index in [0.717, 1.165) is 18.0 Å². The van der Waals surface area contributed by atoms with Crippen molar-refractivity contribution in [1.82, 2.24) is 9.97 Å². The number of aromatic nitrogens is 2. The lowest BCUT2D eigenvalue weighted by Gasteiger charge is -2.22. The summed E-state index contributed by atoms with van der Waals surface area (Å²) in [5.41, 5.74) is -0.722. The Hall–Kier alpha value is -2.61. The van der Waals surface area contributed by atoms with Crippen LogP contribution in [0.3, 0.4) is 0 Å². The van der Waals surface area contributed by atoms with Crippen molar-refractivity contribution in [3.63, 3.8) is 0 Å². The highest BCUT2D eigenvalue weighted by Crippen LogP contribution is 2.39. The van der Waals surface area contributed by atoms with Gasteiger partial charge in [0.2, 0.25) is 5.95 Å². The van der Waals surface area contributed by atoms with Crippen LogP contribution in [0.2, 0.25) is 0 Å². The molecule has 0 aliphatic rings. The molecule has 0 aliphatic heterocycles. The number of para-hydroxylation sites is 1. The van der Waals surface area contributed by atoms with Crippen LogP contribution in [0.15, 0.2) is 70.7 Å². The zero-order valence-corrected chi connectivity index (χ0v) is 15.1. The summed E-state index contributed by atoms with van der Waals surface area (Å²) in [5, 5.41) is -0.228. The van der Waals surface area contributed by atoms with Gasteiger partial charge in [0.15, 0.2) is 0 Å². The van der Waals surface area contributed by atoms with Gasteiger partial charge < -0.3 is 4.90 Å². The average Bonchev–Trinajstić information content (AvgIpc) is 2.64. The van der Waals surface area contributed by atoms with Crippen molar-refractivity contribution in [2.45, 2.75) is 23.0 Å². The number of hydrogen-bond donors (Lipinski definition) is 0. The SMILES string of the molecule is CCN(c1ncc(C(F)(F)F)c(Sc2ccccc2)n1)c1ccccc1F. The van der Waals surface area contributed by atoms with Crippen LogP contribution >= 0.6 is 11.8 Å². The van der Waals surface area contributed by atoms with Gasteiger partial charge in [0.1, 0.15) is 16.4 Å². The van der Waals surface area contributed by atoms with Gasteiger partial charge in [-0.25, -0.2) is 14.4 Å². The minimum absolute atomic E-state index is 0.00836. The molecule has 0 saturated heterocycles. The highest BCUT2D eigenvalue weighted by molar-refractivity contribution is 7.99. The summed E-state index contributed by atoms with van der Waals surface area (Å²) in [6, 6.07) is 14.6. The Bertz CT molecular complexity index is 916. The van der Waals surface area contributed by atoms with Gasteiger partial charge in [0, 0.05) is 17.6 Å². The first-order valence-electron chi connectivity index (χ1n) is 8.09. The fraction of sp³-hybridized carbons (Fsp3) is 0.158. The summed E-state index contributed by atoms with van der Waals surface area (Å²) >= 11 is 0.891. The van der Waals surface area contributed by atoms with E-state index in [0.29, 0.717) is 11.4 Å². The molecule has 0 radical (unpaired) electrons. The second-order valence-corrected chi connectivity index (χ2v) is 6.56. The van der Waals surface area contributed by atoms with E-state index in [1.807, 2.05) is 0 Å². The van der Waals surface area contributed by atoms with Crippen LogP contribution in [-0.2, 0) is 6.18 Å². The quantitative estimate of drug-likeness (QED) is 0.396. The van der Waals surface area contributed by atoms with E-state index in [4.69, 9.17) is 0 Å². The molecule has 0 aliphatic carbocycles. The van der Waals surface area contributed by atoms with Gasteiger partial charge in [-0.1, -0.05) is 42.1 Å². The van der Waals surface area contributed by atoms with Crippen molar-refractivity contribution in [1.29, 1.82) is 0 Å². The van der Waals surface area contributed by atoms with Gasteiger partial charge in [-0.2, -0.15) is 13.2 Å². The van der Waals surface area contributed by atoms with Crippen molar-refractivity contribution in [3.05, 3.63) is 72.2 Å². The molecule has 3 rings (SSSR count).